The van der Waals surface area contributed by atoms with Gasteiger partial charge in [0.1, 0.15) is 12.1 Å². The highest BCUT2D eigenvalue weighted by Gasteiger charge is 2.49. The first kappa shape index (κ1) is 40.6. The van der Waals surface area contributed by atoms with Gasteiger partial charge in [0.2, 0.25) is 29.4 Å². The molecule has 0 spiro atoms. The molecule has 14 heteroatoms. The lowest BCUT2D eigenvalue weighted by Crippen LogP contribution is -2.63. The fourth-order valence-electron chi connectivity index (χ4n) is 8.39. The molecule has 5 rings (SSSR count). The summed E-state index contributed by atoms with van der Waals surface area (Å²) < 4.78 is 6.16. The van der Waals surface area contributed by atoms with Crippen molar-refractivity contribution in [3.05, 3.63) is 0 Å². The quantitative estimate of drug-likeness (QED) is 0.216. The maximum Gasteiger partial charge on any atom is 0.315 e. The number of hydrogen-bond acceptors (Lipinski definition) is 8. The van der Waals surface area contributed by atoms with Crippen LogP contribution in [0, 0.1) is 29.1 Å². The van der Waals surface area contributed by atoms with Crippen LogP contribution < -0.4 is 21.3 Å². The van der Waals surface area contributed by atoms with E-state index in [2.05, 4.69) is 21.3 Å². The third kappa shape index (κ3) is 9.96. The van der Waals surface area contributed by atoms with Crippen LogP contribution in [0.25, 0.3) is 0 Å². The Morgan fingerprint density at radius 3 is 2.11 bits per heavy atom. The number of hydrogen-bond donors (Lipinski definition) is 4. The molecule has 2 aliphatic carbocycles. The van der Waals surface area contributed by atoms with Crippen LogP contribution in [0.5, 0.6) is 0 Å². The molecule has 8 atom stereocenters. The molecule has 0 radical (unpaired) electrons. The number of carbonyl (C=O) groups excluding carboxylic acids is 7. The summed E-state index contributed by atoms with van der Waals surface area (Å²) in [5.41, 5.74) is -0.548. The number of rotatable bonds is 8. The number of urea groups is 1. The van der Waals surface area contributed by atoms with Crippen LogP contribution in [0.15, 0.2) is 0 Å². The molecular formula is C39H62N6O8. The van der Waals surface area contributed by atoms with Gasteiger partial charge in [-0.3, -0.25) is 33.7 Å². The smallest absolute Gasteiger partial charge is 0.315 e. The lowest BCUT2D eigenvalue weighted by Gasteiger charge is -2.38. The minimum Gasteiger partial charge on any atom is -0.376 e. The van der Waals surface area contributed by atoms with E-state index in [-0.39, 0.29) is 54.6 Å². The van der Waals surface area contributed by atoms with Gasteiger partial charge in [-0.25, -0.2) is 4.79 Å². The lowest BCUT2D eigenvalue weighted by atomic mass is 9.85. The molecule has 3 aliphatic heterocycles. The summed E-state index contributed by atoms with van der Waals surface area (Å²) >= 11 is 0. The Morgan fingerprint density at radius 1 is 0.849 bits per heavy atom. The predicted molar refractivity (Wildman–Crippen MR) is 196 cm³/mol. The molecule has 2 unspecified atom stereocenters. The van der Waals surface area contributed by atoms with Crippen LogP contribution in [0.2, 0.25) is 0 Å². The molecule has 7 amide bonds. The normalized spacial score (nSPS) is 31.2. The zero-order valence-corrected chi connectivity index (χ0v) is 32.5. The number of nitrogens with one attached hydrogen (secondary N) is 4. The Labute approximate surface area is 314 Å². The van der Waals surface area contributed by atoms with E-state index < -0.39 is 65.2 Å². The van der Waals surface area contributed by atoms with E-state index >= 15 is 0 Å². The van der Waals surface area contributed by atoms with Crippen molar-refractivity contribution in [1.29, 1.82) is 0 Å². The number of likely N-dealkylation sites (tertiary alicyclic amines) is 1. The molecule has 5 fully saturated rings. The summed E-state index contributed by atoms with van der Waals surface area (Å²) in [6.07, 6.45) is 7.67. The highest BCUT2D eigenvalue weighted by atomic mass is 16.5. The van der Waals surface area contributed by atoms with Gasteiger partial charge in [0.15, 0.2) is 0 Å². The lowest BCUT2D eigenvalue weighted by molar-refractivity contribution is -0.153. The van der Waals surface area contributed by atoms with E-state index in [0.717, 1.165) is 38.5 Å². The minimum absolute atomic E-state index is 0.00372. The summed E-state index contributed by atoms with van der Waals surface area (Å²) in [5.74, 6) is -3.27. The summed E-state index contributed by atoms with van der Waals surface area (Å²) in [4.78, 5) is 98.0. The SMILES string of the molecule is CC(C)[C@H]1CCN2C(=O)[C@@H](NC(=O)N[C@H](CN3C(=O)C4CCC(C4)C3=O)C(C)(C)C)[C@H](C)OCCCCCCC[C@@H](C(=O)C(=O)NC3CC3)NC(=O)[C@H]12. The first-order valence-electron chi connectivity index (χ1n) is 20.1. The zero-order chi connectivity index (χ0) is 38.6. The van der Waals surface area contributed by atoms with Gasteiger partial charge in [0.05, 0.1) is 18.2 Å². The number of imide groups is 1. The van der Waals surface area contributed by atoms with Crippen molar-refractivity contribution in [2.24, 2.45) is 29.1 Å². The third-order valence-electron chi connectivity index (χ3n) is 12.0. The van der Waals surface area contributed by atoms with Gasteiger partial charge in [-0.2, -0.15) is 0 Å². The van der Waals surface area contributed by atoms with Crippen molar-refractivity contribution in [3.8, 4) is 0 Å². The average molecular weight is 743 g/mol. The molecule has 3 heterocycles. The molecule has 296 valence electrons. The van der Waals surface area contributed by atoms with Crippen molar-refractivity contribution in [1.82, 2.24) is 31.1 Å². The molecule has 3 saturated heterocycles. The molecule has 0 aromatic rings. The zero-order valence-electron chi connectivity index (χ0n) is 32.5. The number of nitrogens with zero attached hydrogens (tertiary/aromatic N) is 2. The molecule has 4 N–H and O–H groups in total. The Bertz CT molecular complexity index is 1390. The van der Waals surface area contributed by atoms with Crippen LogP contribution in [-0.4, -0.2) is 107 Å². The fraction of sp³-hybridized carbons (Fsp3) is 0.821. The van der Waals surface area contributed by atoms with Crippen LogP contribution in [-0.2, 0) is 33.5 Å². The van der Waals surface area contributed by atoms with Crippen LogP contribution in [0.1, 0.15) is 119 Å². The van der Waals surface area contributed by atoms with Gasteiger partial charge in [-0.15, -0.1) is 0 Å². The van der Waals surface area contributed by atoms with Gasteiger partial charge in [-0.1, -0.05) is 60.3 Å². The third-order valence-corrected chi connectivity index (χ3v) is 12.0. The van der Waals surface area contributed by atoms with E-state index in [0.29, 0.717) is 45.1 Å². The van der Waals surface area contributed by atoms with Gasteiger partial charge in [0.25, 0.3) is 5.91 Å². The monoisotopic (exact) mass is 742 g/mol. The van der Waals surface area contributed by atoms with E-state index in [4.69, 9.17) is 4.74 Å². The first-order chi connectivity index (χ1) is 25.1. The van der Waals surface area contributed by atoms with Crippen LogP contribution >= 0.6 is 0 Å². The largest absolute Gasteiger partial charge is 0.376 e. The maximum atomic E-state index is 14.6. The van der Waals surface area contributed by atoms with Crippen LogP contribution in [0.4, 0.5) is 4.79 Å². The van der Waals surface area contributed by atoms with E-state index in [9.17, 15) is 33.6 Å². The number of amides is 7. The van der Waals surface area contributed by atoms with E-state index in [1.807, 2.05) is 34.6 Å². The Kier molecular flexibility index (Phi) is 13.2. The van der Waals surface area contributed by atoms with Crippen molar-refractivity contribution in [3.63, 3.8) is 0 Å². The Balaban J connectivity index is 1.36. The second-order valence-corrected chi connectivity index (χ2v) is 17.5. The average Bonchev–Trinajstić information content (AvgIpc) is 3.59. The van der Waals surface area contributed by atoms with Gasteiger partial charge >= 0.3 is 6.03 Å². The molecule has 2 saturated carbocycles. The van der Waals surface area contributed by atoms with Crippen molar-refractivity contribution < 1.29 is 38.3 Å². The summed E-state index contributed by atoms with van der Waals surface area (Å²) in [6, 6.07) is -4.37. The van der Waals surface area contributed by atoms with E-state index in [1.165, 1.54) is 9.80 Å². The van der Waals surface area contributed by atoms with Gasteiger partial charge < -0.3 is 30.9 Å². The Hall–Kier alpha value is -3.55. The number of ether oxygens (including phenoxy) is 1. The van der Waals surface area contributed by atoms with Gasteiger partial charge in [0, 0.05) is 37.6 Å². The number of Topliss-reactive ketones (excluding diaryl/α,β-unsaturated/α-hetero) is 1. The second kappa shape index (κ2) is 17.3. The molecule has 2 bridgehead atoms. The number of ketones is 1. The molecule has 53 heavy (non-hydrogen) atoms. The number of piperidine rings is 1. The highest BCUT2D eigenvalue weighted by molar-refractivity contribution is 6.38. The fourth-order valence-corrected chi connectivity index (χ4v) is 8.39. The predicted octanol–water partition coefficient (Wildman–Crippen LogP) is 2.82. The van der Waals surface area contributed by atoms with Gasteiger partial charge in [-0.05, 0) is 75.5 Å². The summed E-state index contributed by atoms with van der Waals surface area (Å²) in [5, 5.41) is 11.5. The molecule has 5 aliphatic rings. The Morgan fingerprint density at radius 2 is 1.49 bits per heavy atom. The number of fused-ring (bicyclic) bond motifs is 3. The maximum absolute atomic E-state index is 14.6. The van der Waals surface area contributed by atoms with Crippen molar-refractivity contribution >= 4 is 41.4 Å². The summed E-state index contributed by atoms with van der Waals surface area (Å²) in [7, 11) is 0. The first-order valence-corrected chi connectivity index (χ1v) is 20.1. The standard InChI is InChI=1S/C39H62N6O8/c1-22(2)27-17-18-44-31(27)33(47)41-28(32(46)34(48)40-26-15-16-26)12-10-8-7-9-11-19-53-23(3)30(37(44)51)43-38(52)42-29(39(4,5)6)21-45-35(49)24-13-14-25(20-24)36(45)50/h22-31H,7-21H2,1-6H3,(H,40,48)(H,41,47)(H2,42,43,52)/t23-,24?,25?,27+,28-,29+,30-,31-/m0/s1. The summed E-state index contributed by atoms with van der Waals surface area (Å²) in [6.45, 7) is 12.1. The number of carbonyl (C=O) groups is 7. The van der Waals surface area contributed by atoms with E-state index in [1.54, 1.807) is 6.92 Å². The highest BCUT2D eigenvalue weighted by Crippen LogP contribution is 2.39. The van der Waals surface area contributed by atoms with Crippen LogP contribution in [0.3, 0.4) is 0 Å². The second-order valence-electron chi connectivity index (χ2n) is 17.5. The van der Waals surface area contributed by atoms with Crippen molar-refractivity contribution in [2.45, 2.75) is 155 Å². The topological polar surface area (TPSA) is 183 Å². The molecule has 0 aromatic heterocycles. The van der Waals surface area contributed by atoms with Crippen molar-refractivity contribution in [2.75, 3.05) is 19.7 Å². The molecule has 0 aromatic carbocycles. The minimum atomic E-state index is -1.17. The molecule has 14 nitrogen and oxygen atoms in total. The molecular weight excluding hydrogens is 680 g/mol.